The molecule has 36 heavy (non-hydrogen) atoms. The first kappa shape index (κ1) is 30.4. The van der Waals surface area contributed by atoms with E-state index in [1.807, 2.05) is 100 Å². The van der Waals surface area contributed by atoms with E-state index in [-0.39, 0.29) is 36.9 Å². The molecule has 0 aromatic heterocycles. The number of nitrogens with one attached hydrogen (secondary N) is 2. The third-order valence-corrected chi connectivity index (χ3v) is 4.34. The Bertz CT molecular complexity index is 1030. The number of guanidine groups is 2. The largest absolute Gasteiger partial charge is 0.457 e. The molecule has 0 aliphatic heterocycles. The van der Waals surface area contributed by atoms with Gasteiger partial charge in [0, 0.05) is 23.5 Å². The van der Waals surface area contributed by atoms with Gasteiger partial charge in [0.05, 0.1) is 0 Å². The Morgan fingerprint density at radius 2 is 0.806 bits per heavy atom. The van der Waals surface area contributed by atoms with Crippen LogP contribution in [-0.2, 0) is 0 Å². The normalized spacial score (nSPS) is 11.4. The molecule has 8 nitrogen and oxygen atoms in total. The molecule has 0 fully saturated rings. The molecule has 0 saturated heterocycles. The van der Waals surface area contributed by atoms with Crippen LogP contribution in [0.25, 0.3) is 0 Å². The summed E-state index contributed by atoms with van der Waals surface area (Å²) in [6.45, 7) is 7.88. The molecule has 0 spiro atoms. The van der Waals surface area contributed by atoms with Crippen LogP contribution in [0.5, 0.6) is 23.0 Å². The Balaban J connectivity index is 0.00000324. The molecule has 0 bridgehead atoms. The highest BCUT2D eigenvalue weighted by Gasteiger charge is 2.03. The van der Waals surface area contributed by atoms with Gasteiger partial charge in [-0.05, 0) is 100 Å². The van der Waals surface area contributed by atoms with Gasteiger partial charge in [-0.3, -0.25) is 9.98 Å². The number of hydrogen-bond donors (Lipinski definition) is 4. The third-order valence-electron chi connectivity index (χ3n) is 4.34. The van der Waals surface area contributed by atoms with E-state index in [2.05, 4.69) is 20.6 Å². The molecular formula is C26H34Cl2N6O2. The maximum atomic E-state index is 5.91. The van der Waals surface area contributed by atoms with Crippen LogP contribution in [-0.4, -0.2) is 24.0 Å². The van der Waals surface area contributed by atoms with E-state index in [9.17, 15) is 0 Å². The number of nitrogens with two attached hydrogens (primary N) is 2. The molecule has 0 atom stereocenters. The Labute approximate surface area is 225 Å². The van der Waals surface area contributed by atoms with Crippen LogP contribution in [0.4, 0.5) is 11.4 Å². The minimum absolute atomic E-state index is 0. The van der Waals surface area contributed by atoms with Gasteiger partial charge in [0.2, 0.25) is 0 Å². The van der Waals surface area contributed by atoms with Gasteiger partial charge >= 0.3 is 0 Å². The topological polar surface area (TPSA) is 119 Å². The zero-order valence-electron chi connectivity index (χ0n) is 20.8. The molecule has 194 valence electrons. The first-order chi connectivity index (χ1) is 16.3. The van der Waals surface area contributed by atoms with Crippen LogP contribution in [0, 0.1) is 0 Å². The summed E-state index contributed by atoms with van der Waals surface area (Å²) in [5.74, 6) is 3.59. The average molecular weight is 534 g/mol. The lowest BCUT2D eigenvalue weighted by molar-refractivity contribution is 0.469. The van der Waals surface area contributed by atoms with E-state index >= 15 is 0 Å². The summed E-state index contributed by atoms with van der Waals surface area (Å²) in [5, 5.41) is 6.11. The highest BCUT2D eigenvalue weighted by molar-refractivity contribution is 5.93. The lowest BCUT2D eigenvalue weighted by Gasteiger charge is -2.11. The van der Waals surface area contributed by atoms with Crippen LogP contribution in [0.15, 0.2) is 82.8 Å². The van der Waals surface area contributed by atoms with Gasteiger partial charge < -0.3 is 31.6 Å². The van der Waals surface area contributed by atoms with Gasteiger partial charge in [-0.15, -0.1) is 24.8 Å². The number of hydrogen-bond acceptors (Lipinski definition) is 4. The van der Waals surface area contributed by atoms with Gasteiger partial charge in [-0.1, -0.05) is 0 Å². The minimum Gasteiger partial charge on any atom is -0.457 e. The van der Waals surface area contributed by atoms with Crippen molar-refractivity contribution in [3.8, 4) is 23.0 Å². The molecular weight excluding hydrogens is 499 g/mol. The summed E-state index contributed by atoms with van der Waals surface area (Å²) < 4.78 is 11.8. The summed E-state index contributed by atoms with van der Waals surface area (Å²) in [7, 11) is 0. The summed E-state index contributed by atoms with van der Waals surface area (Å²) in [4.78, 5) is 8.51. The van der Waals surface area contributed by atoms with Crippen molar-refractivity contribution in [2.75, 3.05) is 10.6 Å². The number of anilines is 2. The van der Waals surface area contributed by atoms with Crippen molar-refractivity contribution in [2.45, 2.75) is 39.8 Å². The number of nitrogens with zero attached hydrogens (tertiary/aromatic N) is 2. The SMILES string of the molecule is CC(C)N=C(N)Nc1ccc(Oc2ccc(Oc3ccc(NC(N)=NC(C)C)cc3)cc2)cc1.Cl.Cl. The second kappa shape index (κ2) is 14.7. The molecule has 6 N–H and O–H groups in total. The van der Waals surface area contributed by atoms with Gasteiger partial charge in [0.25, 0.3) is 0 Å². The van der Waals surface area contributed by atoms with Gasteiger partial charge in [-0.2, -0.15) is 0 Å². The van der Waals surface area contributed by atoms with Gasteiger partial charge in [0.15, 0.2) is 11.9 Å². The van der Waals surface area contributed by atoms with Crippen molar-refractivity contribution in [3.05, 3.63) is 72.8 Å². The van der Waals surface area contributed by atoms with E-state index in [0.29, 0.717) is 34.9 Å². The van der Waals surface area contributed by atoms with Crippen molar-refractivity contribution in [1.82, 2.24) is 0 Å². The Hall–Kier alpha value is -3.62. The van der Waals surface area contributed by atoms with E-state index in [0.717, 1.165) is 11.4 Å². The zero-order valence-corrected chi connectivity index (χ0v) is 22.4. The predicted octanol–water partition coefficient (Wildman–Crippen LogP) is 6.38. The van der Waals surface area contributed by atoms with Crippen molar-refractivity contribution >= 4 is 48.1 Å². The monoisotopic (exact) mass is 532 g/mol. The van der Waals surface area contributed by atoms with E-state index in [4.69, 9.17) is 20.9 Å². The summed E-state index contributed by atoms with van der Waals surface area (Å²) in [6.07, 6.45) is 0. The van der Waals surface area contributed by atoms with Crippen molar-refractivity contribution < 1.29 is 9.47 Å². The smallest absolute Gasteiger partial charge is 0.193 e. The van der Waals surface area contributed by atoms with Crippen molar-refractivity contribution in [3.63, 3.8) is 0 Å². The molecule has 0 radical (unpaired) electrons. The molecule has 10 heteroatoms. The summed E-state index contributed by atoms with van der Waals surface area (Å²) >= 11 is 0. The first-order valence-electron chi connectivity index (χ1n) is 11.1. The highest BCUT2D eigenvalue weighted by Crippen LogP contribution is 2.28. The van der Waals surface area contributed by atoms with E-state index in [1.54, 1.807) is 0 Å². The fourth-order valence-electron chi connectivity index (χ4n) is 2.98. The van der Waals surface area contributed by atoms with E-state index in [1.165, 1.54) is 0 Å². The Morgan fingerprint density at radius 3 is 1.06 bits per heavy atom. The fraction of sp³-hybridized carbons (Fsp3) is 0.231. The molecule has 0 amide bonds. The number of ether oxygens (including phenoxy) is 2. The molecule has 3 aromatic carbocycles. The van der Waals surface area contributed by atoms with Crippen molar-refractivity contribution in [1.29, 1.82) is 0 Å². The molecule has 0 saturated carbocycles. The maximum absolute atomic E-state index is 5.91. The number of aliphatic imine (C=N–C) groups is 2. The first-order valence-corrected chi connectivity index (χ1v) is 11.1. The zero-order chi connectivity index (χ0) is 24.5. The molecule has 0 aliphatic carbocycles. The lowest BCUT2D eigenvalue weighted by Crippen LogP contribution is -2.23. The number of rotatable bonds is 8. The van der Waals surface area contributed by atoms with Crippen LogP contribution in [0.2, 0.25) is 0 Å². The molecule has 0 unspecified atom stereocenters. The molecule has 0 aliphatic rings. The van der Waals surface area contributed by atoms with Crippen LogP contribution in [0.3, 0.4) is 0 Å². The highest BCUT2D eigenvalue weighted by atomic mass is 35.5. The van der Waals surface area contributed by atoms with Crippen LogP contribution < -0.4 is 31.6 Å². The van der Waals surface area contributed by atoms with E-state index < -0.39 is 0 Å². The Kier molecular flexibility index (Phi) is 12.4. The number of benzene rings is 3. The standard InChI is InChI=1S/C26H32N6O2.2ClH/c1-17(2)29-25(27)31-19-5-9-21(10-6-19)33-23-13-15-24(16-14-23)34-22-11-7-20(8-12-22)32-26(28)30-18(3)4;;/h5-18H,1-4H3,(H3,27,29,31)(H3,28,30,32);2*1H. The molecule has 0 heterocycles. The average Bonchev–Trinajstić information content (AvgIpc) is 2.77. The third kappa shape index (κ3) is 10.3. The fourth-order valence-corrected chi connectivity index (χ4v) is 2.98. The molecule has 3 aromatic rings. The second-order valence-electron chi connectivity index (χ2n) is 8.19. The second-order valence-corrected chi connectivity index (χ2v) is 8.19. The minimum atomic E-state index is 0. The van der Waals surface area contributed by atoms with Crippen LogP contribution >= 0.6 is 24.8 Å². The lowest BCUT2D eigenvalue weighted by atomic mass is 10.3. The number of halogens is 2. The summed E-state index contributed by atoms with van der Waals surface area (Å²) in [6, 6.07) is 22.7. The molecule has 3 rings (SSSR count). The quantitative estimate of drug-likeness (QED) is 0.197. The van der Waals surface area contributed by atoms with Gasteiger partial charge in [0.1, 0.15) is 23.0 Å². The van der Waals surface area contributed by atoms with Gasteiger partial charge in [-0.25, -0.2) is 0 Å². The Morgan fingerprint density at radius 1 is 0.556 bits per heavy atom. The van der Waals surface area contributed by atoms with Crippen LogP contribution in [0.1, 0.15) is 27.7 Å². The maximum Gasteiger partial charge on any atom is 0.193 e. The predicted molar refractivity (Wildman–Crippen MR) is 155 cm³/mol. The van der Waals surface area contributed by atoms with Crippen molar-refractivity contribution in [2.24, 2.45) is 21.5 Å². The summed E-state index contributed by atoms with van der Waals surface area (Å²) in [5.41, 5.74) is 13.4.